The lowest BCUT2D eigenvalue weighted by molar-refractivity contribution is -0.132. The van der Waals surface area contributed by atoms with Crippen LogP contribution in [0.25, 0.3) is 22.0 Å². The van der Waals surface area contributed by atoms with Crippen molar-refractivity contribution in [1.29, 1.82) is 0 Å². The second-order valence-electron chi connectivity index (χ2n) is 11.6. The molecule has 4 heterocycles. The van der Waals surface area contributed by atoms with Gasteiger partial charge in [-0.3, -0.25) is 14.6 Å². The molecule has 2 fully saturated rings. The standard InChI is InChI=1S/C34H41N7O2/c35-30(21-26-24-38-31-10-3-1-8-28(26)31)34(43)41-18-16-40(17-19-41)32-11-4-2-9-29(32)25-20-27(23-36-22-25)33(42)37-12-7-15-39-13-5-6-14-39/h1-4,8-11,20,22-24,30,38H,5-7,12-19,21,35H2,(H,37,42). The van der Waals surface area contributed by atoms with Crippen LogP contribution in [0.4, 0.5) is 5.69 Å². The number of pyridine rings is 1. The summed E-state index contributed by atoms with van der Waals surface area (Å²) in [7, 11) is 0. The first-order chi connectivity index (χ1) is 21.1. The van der Waals surface area contributed by atoms with Crippen LogP contribution in [0, 0.1) is 0 Å². The van der Waals surface area contributed by atoms with E-state index in [1.807, 2.05) is 53.7 Å². The Morgan fingerprint density at radius 2 is 1.72 bits per heavy atom. The molecule has 9 heteroatoms. The van der Waals surface area contributed by atoms with E-state index in [2.05, 4.69) is 43.3 Å². The number of para-hydroxylation sites is 2. The minimum atomic E-state index is -0.585. The Bertz CT molecular complexity index is 1550. The van der Waals surface area contributed by atoms with Crippen molar-refractivity contribution in [3.8, 4) is 11.1 Å². The SMILES string of the molecule is NC(Cc1c[nH]c2ccccc12)C(=O)N1CCN(c2ccccc2-c2cncc(C(=O)NCCCN3CCCC3)c2)CC1. The van der Waals surface area contributed by atoms with Gasteiger partial charge in [-0.05, 0) is 69.1 Å². The van der Waals surface area contributed by atoms with E-state index in [0.29, 0.717) is 44.7 Å². The Hall–Kier alpha value is -4.21. The number of benzene rings is 2. The highest BCUT2D eigenvalue weighted by Crippen LogP contribution is 2.31. The van der Waals surface area contributed by atoms with Gasteiger partial charge in [0.25, 0.3) is 5.91 Å². The number of nitrogens with one attached hydrogen (secondary N) is 2. The van der Waals surface area contributed by atoms with E-state index < -0.39 is 6.04 Å². The molecule has 9 nitrogen and oxygen atoms in total. The number of carbonyl (C=O) groups is 2. The summed E-state index contributed by atoms with van der Waals surface area (Å²) in [6.45, 7) is 6.64. The Labute approximate surface area is 253 Å². The van der Waals surface area contributed by atoms with Gasteiger partial charge in [0.2, 0.25) is 5.91 Å². The number of rotatable bonds is 10. The van der Waals surface area contributed by atoms with Gasteiger partial charge in [0, 0.05) is 79.0 Å². The third-order valence-corrected chi connectivity index (χ3v) is 8.71. The van der Waals surface area contributed by atoms with Crippen molar-refractivity contribution >= 4 is 28.4 Å². The monoisotopic (exact) mass is 579 g/mol. The highest BCUT2D eigenvalue weighted by molar-refractivity contribution is 5.95. The third kappa shape index (κ3) is 6.73. The average Bonchev–Trinajstić information content (AvgIpc) is 3.73. The molecule has 2 amide bonds. The molecule has 6 rings (SSSR count). The van der Waals surface area contributed by atoms with Crippen molar-refractivity contribution in [3.05, 3.63) is 84.3 Å². The van der Waals surface area contributed by atoms with Crippen LogP contribution in [-0.2, 0) is 11.2 Å². The molecule has 4 N–H and O–H groups in total. The first kappa shape index (κ1) is 28.9. The summed E-state index contributed by atoms with van der Waals surface area (Å²) in [4.78, 5) is 40.5. The second kappa shape index (κ2) is 13.4. The summed E-state index contributed by atoms with van der Waals surface area (Å²) in [6.07, 6.45) is 9.40. The fraction of sp³-hybridized carbons (Fsp3) is 0.382. The van der Waals surface area contributed by atoms with Crippen LogP contribution in [0.5, 0.6) is 0 Å². The number of carbonyl (C=O) groups excluding carboxylic acids is 2. The summed E-state index contributed by atoms with van der Waals surface area (Å²) < 4.78 is 0. The number of nitrogens with two attached hydrogens (primary N) is 1. The molecular weight excluding hydrogens is 538 g/mol. The van der Waals surface area contributed by atoms with Gasteiger partial charge in [-0.2, -0.15) is 0 Å². The fourth-order valence-corrected chi connectivity index (χ4v) is 6.34. The minimum Gasteiger partial charge on any atom is -0.367 e. The highest BCUT2D eigenvalue weighted by Gasteiger charge is 2.27. The molecule has 2 aromatic heterocycles. The van der Waals surface area contributed by atoms with Gasteiger partial charge in [0.05, 0.1) is 11.6 Å². The maximum Gasteiger partial charge on any atom is 0.252 e. The Kier molecular flexibility index (Phi) is 9.00. The van der Waals surface area contributed by atoms with Crippen LogP contribution in [0.1, 0.15) is 35.2 Å². The Balaban J connectivity index is 1.06. The van der Waals surface area contributed by atoms with Gasteiger partial charge in [0.1, 0.15) is 0 Å². The number of hydrogen-bond donors (Lipinski definition) is 3. The molecule has 224 valence electrons. The Morgan fingerprint density at radius 3 is 2.56 bits per heavy atom. The van der Waals surface area contributed by atoms with E-state index in [-0.39, 0.29) is 11.8 Å². The van der Waals surface area contributed by atoms with Crippen molar-refractivity contribution in [3.63, 3.8) is 0 Å². The van der Waals surface area contributed by atoms with Crippen molar-refractivity contribution in [2.75, 3.05) is 57.3 Å². The van der Waals surface area contributed by atoms with Gasteiger partial charge >= 0.3 is 0 Å². The number of nitrogens with zero attached hydrogens (tertiary/aromatic N) is 4. The van der Waals surface area contributed by atoms with Gasteiger partial charge < -0.3 is 30.7 Å². The molecule has 0 radical (unpaired) electrons. The number of aromatic nitrogens is 2. The quantitative estimate of drug-likeness (QED) is 0.248. The molecule has 2 aromatic carbocycles. The Morgan fingerprint density at radius 1 is 0.953 bits per heavy atom. The van der Waals surface area contributed by atoms with Crippen LogP contribution in [0.2, 0.25) is 0 Å². The maximum atomic E-state index is 13.3. The number of amides is 2. The number of aromatic amines is 1. The number of H-pyrrole nitrogens is 1. The van der Waals surface area contributed by atoms with E-state index >= 15 is 0 Å². The molecule has 0 aliphatic carbocycles. The van der Waals surface area contributed by atoms with Crippen molar-refractivity contribution in [2.24, 2.45) is 5.73 Å². The highest BCUT2D eigenvalue weighted by atomic mass is 16.2. The smallest absolute Gasteiger partial charge is 0.252 e. The zero-order valence-electron chi connectivity index (χ0n) is 24.7. The van der Waals surface area contributed by atoms with Crippen molar-refractivity contribution in [1.82, 2.24) is 25.1 Å². The van der Waals surface area contributed by atoms with Crippen molar-refractivity contribution in [2.45, 2.75) is 31.7 Å². The lowest BCUT2D eigenvalue weighted by Gasteiger charge is -2.38. The van der Waals surface area contributed by atoms with Crippen LogP contribution in [0.15, 0.2) is 73.2 Å². The topological polar surface area (TPSA) is 111 Å². The lowest BCUT2D eigenvalue weighted by atomic mass is 10.0. The molecule has 2 saturated heterocycles. The lowest BCUT2D eigenvalue weighted by Crippen LogP contribution is -2.53. The van der Waals surface area contributed by atoms with Crippen molar-refractivity contribution < 1.29 is 9.59 Å². The normalized spacial score (nSPS) is 16.5. The molecule has 2 aliphatic rings. The molecule has 0 spiro atoms. The summed E-state index contributed by atoms with van der Waals surface area (Å²) in [6, 6.07) is 17.6. The number of anilines is 1. The predicted octanol–water partition coefficient (Wildman–Crippen LogP) is 3.66. The molecule has 0 saturated carbocycles. The number of likely N-dealkylation sites (tertiary alicyclic amines) is 1. The average molecular weight is 580 g/mol. The first-order valence-corrected chi connectivity index (χ1v) is 15.5. The zero-order valence-corrected chi connectivity index (χ0v) is 24.7. The zero-order chi connectivity index (χ0) is 29.6. The second-order valence-corrected chi connectivity index (χ2v) is 11.6. The van der Waals surface area contributed by atoms with Gasteiger partial charge in [-0.1, -0.05) is 36.4 Å². The summed E-state index contributed by atoms with van der Waals surface area (Å²) in [5, 5.41) is 4.17. The number of fused-ring (bicyclic) bond motifs is 1. The van der Waals surface area contributed by atoms with Crippen LogP contribution in [0.3, 0.4) is 0 Å². The predicted molar refractivity (Wildman–Crippen MR) is 171 cm³/mol. The van der Waals surface area contributed by atoms with Gasteiger partial charge in [-0.15, -0.1) is 0 Å². The summed E-state index contributed by atoms with van der Waals surface area (Å²) >= 11 is 0. The first-order valence-electron chi connectivity index (χ1n) is 15.5. The van der Waals surface area contributed by atoms with E-state index in [0.717, 1.165) is 46.2 Å². The molecule has 1 unspecified atom stereocenters. The summed E-state index contributed by atoms with van der Waals surface area (Å²) in [5.74, 6) is -0.106. The maximum absolute atomic E-state index is 13.3. The molecule has 1 atom stereocenters. The molecule has 43 heavy (non-hydrogen) atoms. The van der Waals surface area contributed by atoms with Crippen LogP contribution < -0.4 is 16.0 Å². The third-order valence-electron chi connectivity index (χ3n) is 8.71. The van der Waals surface area contributed by atoms with Crippen LogP contribution >= 0.6 is 0 Å². The van der Waals surface area contributed by atoms with E-state index in [1.165, 1.54) is 25.9 Å². The van der Waals surface area contributed by atoms with E-state index in [9.17, 15) is 9.59 Å². The summed E-state index contributed by atoms with van der Waals surface area (Å²) in [5.41, 5.74) is 12.1. The largest absolute Gasteiger partial charge is 0.367 e. The van der Waals surface area contributed by atoms with Gasteiger partial charge in [0.15, 0.2) is 0 Å². The molecule has 4 aromatic rings. The molecule has 2 aliphatic heterocycles. The van der Waals surface area contributed by atoms with Crippen LogP contribution in [-0.4, -0.2) is 90.0 Å². The number of hydrogen-bond acceptors (Lipinski definition) is 6. The van der Waals surface area contributed by atoms with E-state index in [4.69, 9.17) is 5.73 Å². The fourth-order valence-electron chi connectivity index (χ4n) is 6.34. The number of piperazine rings is 1. The molecule has 0 bridgehead atoms. The van der Waals surface area contributed by atoms with Gasteiger partial charge in [-0.25, -0.2) is 0 Å². The van der Waals surface area contributed by atoms with E-state index in [1.54, 1.807) is 6.20 Å². The minimum absolute atomic E-state index is 0.0124. The molecular formula is C34H41N7O2.